The Kier molecular flexibility index (Phi) is 10.1. The van der Waals surface area contributed by atoms with Gasteiger partial charge in [0.25, 0.3) is 5.92 Å². The van der Waals surface area contributed by atoms with Crippen molar-refractivity contribution in [1.82, 2.24) is 10.1 Å². The lowest BCUT2D eigenvalue weighted by Crippen LogP contribution is -2.34. The maximum atomic E-state index is 14.3. The number of aromatic nitrogens is 2. The van der Waals surface area contributed by atoms with E-state index in [0.717, 1.165) is 0 Å². The third-order valence-corrected chi connectivity index (χ3v) is 7.32. The molecular weight excluding hydrogens is 481 g/mol. The van der Waals surface area contributed by atoms with E-state index in [-0.39, 0.29) is 43.3 Å². The van der Waals surface area contributed by atoms with Gasteiger partial charge >= 0.3 is 13.6 Å². The Labute approximate surface area is 205 Å². The van der Waals surface area contributed by atoms with Gasteiger partial charge in [-0.1, -0.05) is 42.8 Å². The largest absolute Gasteiger partial charge is 0.459 e. The van der Waals surface area contributed by atoms with Crippen LogP contribution in [0.3, 0.4) is 0 Å². The monoisotopic (exact) mass is 516 g/mol. The van der Waals surface area contributed by atoms with Gasteiger partial charge < -0.3 is 18.3 Å². The number of rotatable bonds is 13. The van der Waals surface area contributed by atoms with Crippen LogP contribution in [0.25, 0.3) is 11.4 Å². The van der Waals surface area contributed by atoms with Crippen molar-refractivity contribution in [2.24, 2.45) is 0 Å². The average Bonchev–Trinajstić information content (AvgIpc) is 3.24. The SMILES string of the molecule is CCCCC(F)(F)c1ccc(-c2noc(CC(C(=O)OC(C)(C)C)P(=O)(OCC)OCC)n2)cc1. The number of carbonyl (C=O) groups is 1. The van der Waals surface area contributed by atoms with E-state index < -0.39 is 30.7 Å². The zero-order valence-corrected chi connectivity index (χ0v) is 22.1. The van der Waals surface area contributed by atoms with Crippen LogP contribution in [0, 0.1) is 0 Å². The van der Waals surface area contributed by atoms with E-state index in [1.54, 1.807) is 34.6 Å². The minimum absolute atomic E-state index is 0.00726. The lowest BCUT2D eigenvalue weighted by molar-refractivity contribution is -0.154. The van der Waals surface area contributed by atoms with Crippen LogP contribution in [0.1, 0.15) is 72.3 Å². The normalized spacial score (nSPS) is 13.6. The number of hydrogen-bond acceptors (Lipinski definition) is 8. The van der Waals surface area contributed by atoms with E-state index in [0.29, 0.717) is 18.4 Å². The van der Waals surface area contributed by atoms with Crippen molar-refractivity contribution in [3.63, 3.8) is 0 Å². The summed E-state index contributed by atoms with van der Waals surface area (Å²) in [6.45, 7) is 10.3. The summed E-state index contributed by atoms with van der Waals surface area (Å²) in [6, 6.07) is 5.65. The summed E-state index contributed by atoms with van der Waals surface area (Å²) in [4.78, 5) is 17.2. The van der Waals surface area contributed by atoms with Crippen molar-refractivity contribution in [2.75, 3.05) is 13.2 Å². The van der Waals surface area contributed by atoms with Gasteiger partial charge in [0.1, 0.15) is 5.60 Å². The lowest BCUT2D eigenvalue weighted by Gasteiger charge is -2.27. The molecule has 196 valence electrons. The fourth-order valence-corrected chi connectivity index (χ4v) is 5.14. The molecule has 0 aliphatic carbocycles. The van der Waals surface area contributed by atoms with Gasteiger partial charge in [0, 0.05) is 17.5 Å². The van der Waals surface area contributed by atoms with E-state index >= 15 is 0 Å². The first kappa shape index (κ1) is 29.1. The molecule has 0 saturated carbocycles. The lowest BCUT2D eigenvalue weighted by atomic mass is 10.0. The number of unbranched alkanes of at least 4 members (excludes halogenated alkanes) is 1. The first-order chi connectivity index (χ1) is 16.3. The van der Waals surface area contributed by atoms with Crippen LogP contribution in [0.15, 0.2) is 28.8 Å². The molecule has 1 unspecified atom stereocenters. The number of halogens is 2. The second-order valence-corrected chi connectivity index (χ2v) is 11.2. The fourth-order valence-electron chi connectivity index (χ4n) is 3.30. The first-order valence-corrected chi connectivity index (χ1v) is 13.4. The van der Waals surface area contributed by atoms with Crippen LogP contribution < -0.4 is 0 Å². The summed E-state index contributed by atoms with van der Waals surface area (Å²) in [7, 11) is -3.92. The molecule has 2 aromatic rings. The van der Waals surface area contributed by atoms with E-state index in [1.807, 2.05) is 6.92 Å². The number of nitrogens with zero attached hydrogens (tertiary/aromatic N) is 2. The molecule has 0 N–H and O–H groups in total. The van der Waals surface area contributed by atoms with Gasteiger partial charge in [-0.25, -0.2) is 8.78 Å². The second kappa shape index (κ2) is 12.2. The Morgan fingerprint density at radius 2 is 1.69 bits per heavy atom. The molecule has 35 heavy (non-hydrogen) atoms. The standard InChI is InChI=1S/C24H35F2N2O6P/c1-7-10-15-24(25,26)18-13-11-17(12-14-18)21-27-20(34-28-21)16-19(22(29)33-23(4,5)6)35(30,31-8-2)32-9-3/h11-14,19H,7-10,15-16H2,1-6H3. The number of alkyl halides is 2. The van der Waals surface area contributed by atoms with Crippen LogP contribution in [0.2, 0.25) is 0 Å². The van der Waals surface area contributed by atoms with Gasteiger partial charge in [-0.3, -0.25) is 9.36 Å². The van der Waals surface area contributed by atoms with Gasteiger partial charge in [-0.15, -0.1) is 0 Å². The third-order valence-electron chi connectivity index (χ3n) is 4.92. The molecule has 2 rings (SSSR count). The minimum Gasteiger partial charge on any atom is -0.459 e. The van der Waals surface area contributed by atoms with E-state index in [1.165, 1.54) is 24.3 Å². The summed E-state index contributed by atoms with van der Waals surface area (Å²) in [5.74, 6) is -3.54. The molecule has 1 atom stereocenters. The van der Waals surface area contributed by atoms with Crippen molar-refractivity contribution in [3.05, 3.63) is 35.7 Å². The Hall–Kier alpha value is -2.16. The zero-order chi connectivity index (χ0) is 26.3. The Morgan fingerprint density at radius 1 is 1.09 bits per heavy atom. The van der Waals surface area contributed by atoms with Crippen LogP contribution in [-0.2, 0) is 35.5 Å². The summed E-state index contributed by atoms with van der Waals surface area (Å²) in [6.07, 6.45) is 0.644. The van der Waals surface area contributed by atoms with Crippen LogP contribution in [0.5, 0.6) is 0 Å². The number of carbonyl (C=O) groups excluding carboxylic acids is 1. The van der Waals surface area contributed by atoms with Gasteiger partial charge in [-0.2, -0.15) is 4.98 Å². The van der Waals surface area contributed by atoms with Gasteiger partial charge in [0.05, 0.1) is 19.6 Å². The number of benzene rings is 1. The minimum atomic E-state index is -3.92. The summed E-state index contributed by atoms with van der Waals surface area (Å²) >= 11 is 0. The van der Waals surface area contributed by atoms with E-state index in [9.17, 15) is 18.1 Å². The van der Waals surface area contributed by atoms with E-state index in [4.69, 9.17) is 18.3 Å². The highest BCUT2D eigenvalue weighted by Crippen LogP contribution is 2.54. The highest BCUT2D eigenvalue weighted by atomic mass is 31.2. The molecular formula is C24H35F2N2O6P. The van der Waals surface area contributed by atoms with Gasteiger partial charge in [0.15, 0.2) is 5.66 Å². The highest BCUT2D eigenvalue weighted by molar-refractivity contribution is 7.55. The van der Waals surface area contributed by atoms with Gasteiger partial charge in [-0.05, 0) is 41.0 Å². The predicted octanol–water partition coefficient (Wildman–Crippen LogP) is 6.54. The highest BCUT2D eigenvalue weighted by Gasteiger charge is 2.44. The van der Waals surface area contributed by atoms with E-state index in [2.05, 4.69) is 10.1 Å². The first-order valence-electron chi connectivity index (χ1n) is 11.8. The smallest absolute Gasteiger partial charge is 0.345 e. The average molecular weight is 517 g/mol. The van der Waals surface area contributed by atoms with Crippen molar-refractivity contribution in [1.29, 1.82) is 0 Å². The van der Waals surface area contributed by atoms with Crippen molar-refractivity contribution >= 4 is 13.6 Å². The Bertz CT molecular complexity index is 994. The Balaban J connectivity index is 2.29. The van der Waals surface area contributed by atoms with Crippen molar-refractivity contribution in [2.45, 2.75) is 84.4 Å². The molecule has 0 aliphatic rings. The third kappa shape index (κ3) is 8.19. The second-order valence-electron chi connectivity index (χ2n) is 9.03. The molecule has 0 aliphatic heterocycles. The molecule has 8 nitrogen and oxygen atoms in total. The van der Waals surface area contributed by atoms with Crippen LogP contribution in [0.4, 0.5) is 8.78 Å². The molecule has 0 saturated heterocycles. The van der Waals surface area contributed by atoms with Crippen LogP contribution in [-0.4, -0.2) is 40.6 Å². The molecule has 0 spiro atoms. The molecule has 0 radical (unpaired) electrons. The molecule has 1 heterocycles. The number of ether oxygens (including phenoxy) is 1. The molecule has 11 heteroatoms. The summed E-state index contributed by atoms with van der Waals surface area (Å²) < 4.78 is 63.5. The quantitative estimate of drug-likeness (QED) is 0.219. The summed E-state index contributed by atoms with van der Waals surface area (Å²) in [5, 5.41) is 3.89. The van der Waals surface area contributed by atoms with Gasteiger partial charge in [0.2, 0.25) is 11.7 Å². The van der Waals surface area contributed by atoms with Crippen molar-refractivity contribution in [3.8, 4) is 11.4 Å². The maximum Gasteiger partial charge on any atom is 0.345 e. The molecule has 1 aromatic carbocycles. The molecule has 1 aromatic heterocycles. The Morgan fingerprint density at radius 3 is 2.20 bits per heavy atom. The predicted molar refractivity (Wildman–Crippen MR) is 127 cm³/mol. The summed E-state index contributed by atoms with van der Waals surface area (Å²) in [5.41, 5.74) is -1.78. The number of hydrogen-bond donors (Lipinski definition) is 0. The number of esters is 1. The molecule has 0 bridgehead atoms. The van der Waals surface area contributed by atoms with Crippen molar-refractivity contribution < 1.29 is 36.4 Å². The molecule has 0 amide bonds. The zero-order valence-electron chi connectivity index (χ0n) is 21.2. The molecule has 0 fully saturated rings. The topological polar surface area (TPSA) is 101 Å². The fraction of sp³-hybridized carbons (Fsp3) is 0.625. The van der Waals surface area contributed by atoms with Crippen LogP contribution >= 0.6 is 7.60 Å². The maximum absolute atomic E-state index is 14.3.